The number of hydrogen-bond donors (Lipinski definition) is 2. The molecular weight excluding hydrogens is 534 g/mol. The first-order valence-corrected chi connectivity index (χ1v) is 13.2. The van der Waals surface area contributed by atoms with Crippen LogP contribution in [-0.4, -0.2) is 47.4 Å². The second-order valence-corrected chi connectivity index (χ2v) is 10.4. The molecule has 1 saturated heterocycles. The Bertz CT molecular complexity index is 1560. The molecule has 0 spiro atoms. The number of aromatic nitrogens is 1. The van der Waals surface area contributed by atoms with Crippen molar-refractivity contribution in [2.45, 2.75) is 25.8 Å². The summed E-state index contributed by atoms with van der Waals surface area (Å²) in [4.78, 5) is 46.7. The molecule has 1 fully saturated rings. The van der Waals surface area contributed by atoms with E-state index in [0.29, 0.717) is 45.6 Å². The number of benzene rings is 2. The standard InChI is InChI=1S/C28H25N5O4S.H2S/c1-17-14-20(37-19-7-3-2-4-8-19)9-10-21(17)33-22-11-12-29-27-23(22)24(31-28(33)36)25(38-27)26(35)30-18-6-5-13-32(15-18)16-34;/h2-4,7-12,14,16,18H,5-6,13,15H2,1H3,(H,30,35)(H,31,36);1H2/t18-;/m0./s1. The summed E-state index contributed by atoms with van der Waals surface area (Å²) < 4.78 is 5.95. The number of rotatable bonds is 6. The fourth-order valence-electron chi connectivity index (χ4n) is 5.02. The third-order valence-corrected chi connectivity index (χ3v) is 7.87. The summed E-state index contributed by atoms with van der Waals surface area (Å²) in [6.07, 6.45) is 4.09. The number of nitrogens with one attached hydrogen (secondary N) is 2. The average molecular weight is 562 g/mol. The zero-order valence-electron chi connectivity index (χ0n) is 21.1. The molecule has 11 heteroatoms. The van der Waals surface area contributed by atoms with E-state index in [0.717, 1.165) is 36.0 Å². The zero-order chi connectivity index (χ0) is 26.2. The van der Waals surface area contributed by atoms with Gasteiger partial charge in [-0.2, -0.15) is 13.5 Å². The monoisotopic (exact) mass is 561 g/mol. The molecule has 0 radical (unpaired) electrons. The molecule has 39 heavy (non-hydrogen) atoms. The second-order valence-electron chi connectivity index (χ2n) is 9.36. The molecule has 4 aromatic rings. The second kappa shape index (κ2) is 11.0. The number of para-hydroxylation sites is 1. The predicted molar refractivity (Wildman–Crippen MR) is 157 cm³/mol. The Morgan fingerprint density at radius 2 is 1.97 bits per heavy atom. The van der Waals surface area contributed by atoms with Gasteiger partial charge < -0.3 is 20.3 Å². The summed E-state index contributed by atoms with van der Waals surface area (Å²) in [6.45, 7) is 3.10. The highest BCUT2D eigenvalue weighted by molar-refractivity contribution is 7.59. The number of likely N-dealkylation sites (tertiary alicyclic amines) is 1. The van der Waals surface area contributed by atoms with E-state index < -0.39 is 0 Å². The number of piperidine rings is 1. The Morgan fingerprint density at radius 1 is 1.15 bits per heavy atom. The number of hydrogen-bond acceptors (Lipinski definition) is 6. The van der Waals surface area contributed by atoms with Gasteiger partial charge in [0.1, 0.15) is 21.2 Å². The molecule has 200 valence electrons. The van der Waals surface area contributed by atoms with Gasteiger partial charge in [-0.05, 0) is 61.7 Å². The van der Waals surface area contributed by atoms with Gasteiger partial charge in [0.15, 0.2) is 0 Å². The Labute approximate surface area is 236 Å². The Balaban J connectivity index is 0.00000308. The Hall–Kier alpha value is -4.09. The maximum atomic E-state index is 13.5. The van der Waals surface area contributed by atoms with Crippen LogP contribution in [0.25, 0.3) is 10.2 Å². The van der Waals surface area contributed by atoms with E-state index in [2.05, 4.69) is 15.6 Å². The molecule has 0 saturated carbocycles. The largest absolute Gasteiger partial charge is 0.457 e. The third-order valence-electron chi connectivity index (χ3n) is 6.78. The van der Waals surface area contributed by atoms with Crippen LogP contribution in [0.15, 0.2) is 60.8 Å². The highest BCUT2D eigenvalue weighted by atomic mass is 32.1. The van der Waals surface area contributed by atoms with Crippen molar-refractivity contribution in [2.75, 3.05) is 23.3 Å². The number of nitrogens with zero attached hydrogens (tertiary/aromatic N) is 3. The van der Waals surface area contributed by atoms with Crippen LogP contribution in [0.1, 0.15) is 28.1 Å². The van der Waals surface area contributed by atoms with E-state index in [-0.39, 0.29) is 31.5 Å². The molecule has 6 rings (SSSR count). The molecule has 2 N–H and O–H groups in total. The molecule has 4 heterocycles. The molecule has 2 aliphatic rings. The normalized spacial score (nSPS) is 16.3. The molecule has 0 unspecified atom stereocenters. The van der Waals surface area contributed by atoms with E-state index in [4.69, 9.17) is 4.74 Å². The molecule has 0 bridgehead atoms. The minimum atomic E-state index is -0.359. The number of thiophene rings is 1. The molecule has 9 nitrogen and oxygen atoms in total. The van der Waals surface area contributed by atoms with Gasteiger partial charge in [0.2, 0.25) is 6.41 Å². The van der Waals surface area contributed by atoms with Crippen LogP contribution in [0.5, 0.6) is 11.5 Å². The summed E-state index contributed by atoms with van der Waals surface area (Å²) in [5.74, 6) is 1.12. The van der Waals surface area contributed by atoms with E-state index in [1.54, 1.807) is 22.1 Å². The number of anilines is 3. The topological polar surface area (TPSA) is 104 Å². The van der Waals surface area contributed by atoms with Crippen molar-refractivity contribution in [1.29, 1.82) is 0 Å². The lowest BCUT2D eigenvalue weighted by molar-refractivity contribution is -0.119. The van der Waals surface area contributed by atoms with Crippen molar-refractivity contribution >= 4 is 70.5 Å². The number of carbonyl (C=O) groups excluding carboxylic acids is 3. The van der Waals surface area contributed by atoms with Crippen molar-refractivity contribution in [2.24, 2.45) is 0 Å². The van der Waals surface area contributed by atoms with Gasteiger partial charge in [-0.25, -0.2) is 9.78 Å². The Kier molecular flexibility index (Phi) is 7.45. The first-order chi connectivity index (χ1) is 18.5. The fraction of sp³-hybridized carbons (Fsp3) is 0.214. The number of amides is 4. The molecule has 2 aromatic carbocycles. The first-order valence-electron chi connectivity index (χ1n) is 12.4. The van der Waals surface area contributed by atoms with E-state index >= 15 is 0 Å². The van der Waals surface area contributed by atoms with Crippen LogP contribution in [-0.2, 0) is 4.79 Å². The predicted octanol–water partition coefficient (Wildman–Crippen LogP) is 5.54. The molecule has 4 amide bonds. The van der Waals surface area contributed by atoms with Crippen molar-refractivity contribution in [3.63, 3.8) is 0 Å². The smallest absolute Gasteiger partial charge is 0.331 e. The fourth-order valence-corrected chi connectivity index (χ4v) is 6.04. The number of carbonyl (C=O) groups is 3. The van der Waals surface area contributed by atoms with Crippen molar-refractivity contribution in [3.05, 3.63) is 71.2 Å². The Morgan fingerprint density at radius 3 is 2.74 bits per heavy atom. The van der Waals surface area contributed by atoms with Gasteiger partial charge >= 0.3 is 6.03 Å². The number of ether oxygens (including phenoxy) is 1. The molecule has 0 aliphatic carbocycles. The maximum absolute atomic E-state index is 13.5. The van der Waals surface area contributed by atoms with Crippen LogP contribution >= 0.6 is 24.8 Å². The van der Waals surface area contributed by atoms with Crippen molar-refractivity contribution in [3.8, 4) is 11.5 Å². The average Bonchev–Trinajstić information content (AvgIpc) is 3.30. The number of pyridine rings is 1. The first kappa shape index (κ1) is 26.5. The minimum absolute atomic E-state index is 0. The quantitative estimate of drug-likeness (QED) is 0.301. The van der Waals surface area contributed by atoms with Crippen molar-refractivity contribution < 1.29 is 19.1 Å². The summed E-state index contributed by atoms with van der Waals surface area (Å²) in [7, 11) is 0. The van der Waals surface area contributed by atoms with Crippen molar-refractivity contribution in [1.82, 2.24) is 15.2 Å². The summed E-state index contributed by atoms with van der Waals surface area (Å²) in [5.41, 5.74) is 2.69. The van der Waals surface area contributed by atoms with Gasteiger partial charge in [-0.15, -0.1) is 11.3 Å². The lowest BCUT2D eigenvalue weighted by Crippen LogP contribution is -2.47. The highest BCUT2D eigenvalue weighted by Gasteiger charge is 2.34. The van der Waals surface area contributed by atoms with Crippen LogP contribution in [0, 0.1) is 6.92 Å². The molecular formula is C28H27N5O4S2. The van der Waals surface area contributed by atoms with E-state index in [9.17, 15) is 14.4 Å². The van der Waals surface area contributed by atoms with E-state index in [1.807, 2.05) is 55.5 Å². The van der Waals surface area contributed by atoms with E-state index in [1.165, 1.54) is 11.3 Å². The third kappa shape index (κ3) is 5.02. The van der Waals surface area contributed by atoms with Gasteiger partial charge in [-0.1, -0.05) is 18.2 Å². The van der Waals surface area contributed by atoms with Gasteiger partial charge in [0.25, 0.3) is 5.91 Å². The summed E-state index contributed by atoms with van der Waals surface area (Å²) >= 11 is 1.25. The maximum Gasteiger partial charge on any atom is 0.331 e. The number of urea groups is 1. The zero-order valence-corrected chi connectivity index (χ0v) is 23.0. The minimum Gasteiger partial charge on any atom is -0.457 e. The summed E-state index contributed by atoms with van der Waals surface area (Å²) in [5, 5.41) is 6.70. The van der Waals surface area contributed by atoms with Crippen LogP contribution in [0.4, 0.5) is 21.9 Å². The van der Waals surface area contributed by atoms with Crippen LogP contribution < -0.4 is 20.3 Å². The molecule has 2 aromatic heterocycles. The van der Waals surface area contributed by atoms with Crippen LogP contribution in [0.2, 0.25) is 0 Å². The lowest BCUT2D eigenvalue weighted by Gasteiger charge is -2.31. The summed E-state index contributed by atoms with van der Waals surface area (Å²) in [6, 6.07) is 16.4. The SMILES string of the molecule is Cc1cc(Oc2ccccc2)ccc1N1C(=O)Nc2c(C(=O)N[C@H]3CCCN(C=O)C3)sc3nccc1c23.S. The molecule has 2 aliphatic heterocycles. The molecule has 1 atom stereocenters. The van der Waals surface area contributed by atoms with Crippen LogP contribution in [0.3, 0.4) is 0 Å². The van der Waals surface area contributed by atoms with Gasteiger partial charge in [0.05, 0.1) is 22.4 Å². The van der Waals surface area contributed by atoms with Gasteiger partial charge in [-0.3, -0.25) is 14.5 Å². The number of aryl methyl sites for hydroxylation is 1. The van der Waals surface area contributed by atoms with Gasteiger partial charge in [0, 0.05) is 25.3 Å². The lowest BCUT2D eigenvalue weighted by atomic mass is 10.1. The highest BCUT2D eigenvalue weighted by Crippen LogP contribution is 2.46.